The molecule has 0 N–H and O–H groups in total. The SMILES string of the molecule is O=c1c2ccccc2nc(-c2ccccc2)n1N=Cc1ccc(OCc2ccc(Br)cc2)c(Cl)c1. The lowest BCUT2D eigenvalue weighted by atomic mass is 10.2. The maximum atomic E-state index is 13.3. The third kappa shape index (κ3) is 5.19. The number of para-hydroxylation sites is 1. The maximum Gasteiger partial charge on any atom is 0.282 e. The Labute approximate surface area is 215 Å². The lowest BCUT2D eigenvalue weighted by molar-refractivity contribution is 0.306. The van der Waals surface area contributed by atoms with Crippen molar-refractivity contribution in [3.8, 4) is 17.1 Å². The normalized spacial score (nSPS) is 11.3. The van der Waals surface area contributed by atoms with E-state index in [0.29, 0.717) is 34.1 Å². The molecule has 0 bridgehead atoms. The zero-order chi connectivity index (χ0) is 24.2. The third-order valence-corrected chi connectivity index (χ3v) is 6.20. The predicted octanol–water partition coefficient (Wildman–Crippen LogP) is 6.94. The van der Waals surface area contributed by atoms with Crippen LogP contribution in [0.1, 0.15) is 11.1 Å². The summed E-state index contributed by atoms with van der Waals surface area (Å²) in [5.74, 6) is 1.03. The molecular formula is C28H19BrClN3O2. The fourth-order valence-corrected chi connectivity index (χ4v) is 4.09. The molecule has 0 amide bonds. The first-order chi connectivity index (χ1) is 17.1. The van der Waals surface area contributed by atoms with Crippen molar-refractivity contribution in [1.29, 1.82) is 0 Å². The second-order valence-corrected chi connectivity index (χ2v) is 9.11. The Morgan fingerprint density at radius 1 is 0.943 bits per heavy atom. The number of hydrogen-bond acceptors (Lipinski definition) is 4. The van der Waals surface area contributed by atoms with Crippen LogP contribution in [0.4, 0.5) is 0 Å². The van der Waals surface area contributed by atoms with Gasteiger partial charge in [-0.1, -0.05) is 82.1 Å². The second-order valence-electron chi connectivity index (χ2n) is 7.79. The highest BCUT2D eigenvalue weighted by molar-refractivity contribution is 9.10. The quantitative estimate of drug-likeness (QED) is 0.218. The Hall–Kier alpha value is -3.74. The number of fused-ring (bicyclic) bond motifs is 1. The van der Waals surface area contributed by atoms with Gasteiger partial charge in [0.2, 0.25) is 0 Å². The first kappa shape index (κ1) is 23.0. The van der Waals surface area contributed by atoms with Gasteiger partial charge in [-0.25, -0.2) is 4.98 Å². The van der Waals surface area contributed by atoms with Crippen molar-refractivity contribution < 1.29 is 4.74 Å². The molecular weight excluding hydrogens is 526 g/mol. The molecule has 4 aromatic carbocycles. The number of nitrogens with zero attached hydrogens (tertiary/aromatic N) is 3. The average molecular weight is 545 g/mol. The Bertz CT molecular complexity index is 1580. The molecule has 0 radical (unpaired) electrons. The molecule has 172 valence electrons. The van der Waals surface area contributed by atoms with Crippen molar-refractivity contribution >= 4 is 44.6 Å². The van der Waals surface area contributed by atoms with Crippen LogP contribution in [-0.4, -0.2) is 15.9 Å². The van der Waals surface area contributed by atoms with Crippen LogP contribution in [-0.2, 0) is 6.61 Å². The Morgan fingerprint density at radius 3 is 2.46 bits per heavy atom. The highest BCUT2D eigenvalue weighted by atomic mass is 79.9. The maximum absolute atomic E-state index is 13.3. The summed E-state index contributed by atoms with van der Waals surface area (Å²) in [6, 6.07) is 30.1. The van der Waals surface area contributed by atoms with Gasteiger partial charge in [0.15, 0.2) is 5.82 Å². The zero-order valence-electron chi connectivity index (χ0n) is 18.4. The van der Waals surface area contributed by atoms with Crippen molar-refractivity contribution in [2.75, 3.05) is 0 Å². The first-order valence-corrected chi connectivity index (χ1v) is 12.0. The van der Waals surface area contributed by atoms with E-state index in [1.54, 1.807) is 24.4 Å². The standard InChI is InChI=1S/C28H19BrClN3O2/c29-22-13-10-19(11-14-22)18-35-26-15-12-20(16-24(26)30)17-31-33-27(21-6-2-1-3-7-21)32-25-9-5-4-8-23(25)28(33)34/h1-17H,18H2. The molecule has 1 heterocycles. The van der Waals surface area contributed by atoms with E-state index < -0.39 is 0 Å². The zero-order valence-corrected chi connectivity index (χ0v) is 20.8. The van der Waals surface area contributed by atoms with Crippen LogP contribution in [0.2, 0.25) is 5.02 Å². The van der Waals surface area contributed by atoms with Gasteiger partial charge in [-0.3, -0.25) is 4.79 Å². The number of benzene rings is 4. The van der Waals surface area contributed by atoms with E-state index in [-0.39, 0.29) is 5.56 Å². The van der Waals surface area contributed by atoms with Gasteiger partial charge in [-0.2, -0.15) is 9.78 Å². The van der Waals surface area contributed by atoms with Crippen LogP contribution in [0.5, 0.6) is 5.75 Å². The molecule has 5 aromatic rings. The van der Waals surface area contributed by atoms with Crippen LogP contribution >= 0.6 is 27.5 Å². The van der Waals surface area contributed by atoms with Gasteiger partial charge in [0.25, 0.3) is 5.56 Å². The van der Waals surface area contributed by atoms with Gasteiger partial charge in [0.05, 0.1) is 22.1 Å². The van der Waals surface area contributed by atoms with E-state index in [2.05, 4.69) is 21.0 Å². The van der Waals surface area contributed by atoms with E-state index in [1.807, 2.05) is 78.9 Å². The molecule has 0 saturated carbocycles. The molecule has 0 aliphatic carbocycles. The van der Waals surface area contributed by atoms with Crippen LogP contribution in [0, 0.1) is 0 Å². The summed E-state index contributed by atoms with van der Waals surface area (Å²) < 4.78 is 8.20. The lowest BCUT2D eigenvalue weighted by Gasteiger charge is -2.10. The summed E-state index contributed by atoms with van der Waals surface area (Å²) in [6.45, 7) is 0.402. The fraction of sp³-hybridized carbons (Fsp3) is 0.0357. The molecule has 0 aliphatic rings. The highest BCUT2D eigenvalue weighted by Crippen LogP contribution is 2.26. The molecule has 0 atom stereocenters. The minimum Gasteiger partial charge on any atom is -0.487 e. The van der Waals surface area contributed by atoms with Gasteiger partial charge in [0.1, 0.15) is 12.4 Å². The number of hydrogen-bond donors (Lipinski definition) is 0. The van der Waals surface area contributed by atoms with E-state index >= 15 is 0 Å². The summed E-state index contributed by atoms with van der Waals surface area (Å²) in [5.41, 5.74) is 2.93. The van der Waals surface area contributed by atoms with Crippen molar-refractivity contribution in [3.05, 3.63) is 128 Å². The molecule has 5 nitrogen and oxygen atoms in total. The number of rotatable bonds is 6. The Balaban J connectivity index is 1.45. The Morgan fingerprint density at radius 2 is 1.69 bits per heavy atom. The predicted molar refractivity (Wildman–Crippen MR) is 144 cm³/mol. The van der Waals surface area contributed by atoms with Crippen molar-refractivity contribution in [1.82, 2.24) is 9.66 Å². The number of ether oxygens (including phenoxy) is 1. The van der Waals surface area contributed by atoms with Crippen LogP contribution in [0.25, 0.3) is 22.3 Å². The van der Waals surface area contributed by atoms with Gasteiger partial charge in [0, 0.05) is 10.0 Å². The molecule has 35 heavy (non-hydrogen) atoms. The summed E-state index contributed by atoms with van der Waals surface area (Å²) in [6.07, 6.45) is 1.59. The second kappa shape index (κ2) is 10.3. The fourth-order valence-electron chi connectivity index (χ4n) is 3.59. The minimum atomic E-state index is -0.244. The van der Waals surface area contributed by atoms with Gasteiger partial charge < -0.3 is 4.74 Å². The van der Waals surface area contributed by atoms with Gasteiger partial charge >= 0.3 is 0 Å². The summed E-state index contributed by atoms with van der Waals surface area (Å²) in [5, 5.41) is 5.44. The summed E-state index contributed by atoms with van der Waals surface area (Å²) in [7, 11) is 0. The largest absolute Gasteiger partial charge is 0.487 e. The van der Waals surface area contributed by atoms with E-state index in [4.69, 9.17) is 21.3 Å². The molecule has 0 fully saturated rings. The van der Waals surface area contributed by atoms with Crippen molar-refractivity contribution in [3.63, 3.8) is 0 Å². The van der Waals surface area contributed by atoms with E-state index in [0.717, 1.165) is 21.2 Å². The van der Waals surface area contributed by atoms with E-state index in [9.17, 15) is 4.79 Å². The highest BCUT2D eigenvalue weighted by Gasteiger charge is 2.12. The van der Waals surface area contributed by atoms with Gasteiger partial charge in [-0.05, 0) is 53.6 Å². The van der Waals surface area contributed by atoms with Crippen LogP contribution < -0.4 is 10.3 Å². The summed E-state index contributed by atoms with van der Waals surface area (Å²) >= 11 is 9.89. The smallest absolute Gasteiger partial charge is 0.282 e. The molecule has 0 spiro atoms. The third-order valence-electron chi connectivity index (χ3n) is 5.37. The lowest BCUT2D eigenvalue weighted by Crippen LogP contribution is -2.20. The average Bonchev–Trinajstić information content (AvgIpc) is 2.89. The number of aromatic nitrogens is 2. The van der Waals surface area contributed by atoms with Crippen molar-refractivity contribution in [2.45, 2.75) is 6.61 Å². The van der Waals surface area contributed by atoms with Crippen LogP contribution in [0.15, 0.2) is 111 Å². The first-order valence-electron chi connectivity index (χ1n) is 10.9. The summed E-state index contributed by atoms with van der Waals surface area (Å²) in [4.78, 5) is 18.0. The molecule has 0 unspecified atom stereocenters. The minimum absolute atomic E-state index is 0.244. The van der Waals surface area contributed by atoms with Crippen LogP contribution in [0.3, 0.4) is 0 Å². The molecule has 0 saturated heterocycles. The van der Waals surface area contributed by atoms with Gasteiger partial charge in [-0.15, -0.1) is 0 Å². The molecule has 5 rings (SSSR count). The number of halogens is 2. The molecule has 1 aromatic heterocycles. The molecule has 7 heteroatoms. The van der Waals surface area contributed by atoms with Crippen molar-refractivity contribution in [2.24, 2.45) is 5.10 Å². The van der Waals surface area contributed by atoms with E-state index in [1.165, 1.54) is 4.68 Å². The monoisotopic (exact) mass is 543 g/mol. The molecule has 0 aliphatic heterocycles. The Kier molecular flexibility index (Phi) is 6.75. The topological polar surface area (TPSA) is 56.5 Å².